The smallest absolute Gasteiger partial charge is 0.0371 e. The minimum atomic E-state index is 0.803. The van der Waals surface area contributed by atoms with Crippen LogP contribution >= 0.6 is 11.8 Å². The second-order valence-corrected chi connectivity index (χ2v) is 5.01. The number of aromatic nitrogens is 1. The van der Waals surface area contributed by atoms with E-state index in [0.717, 1.165) is 11.8 Å². The molecule has 1 unspecified atom stereocenters. The largest absolute Gasteiger partial charge is 0.384 e. The lowest BCUT2D eigenvalue weighted by Gasteiger charge is -2.21. The highest BCUT2D eigenvalue weighted by Crippen LogP contribution is 2.25. The maximum Gasteiger partial charge on any atom is 0.0371 e. The fraction of sp³-hybridized carbons (Fsp3) is 0.545. The van der Waals surface area contributed by atoms with E-state index in [1.54, 1.807) is 0 Å². The van der Waals surface area contributed by atoms with Crippen molar-refractivity contribution in [3.05, 3.63) is 24.5 Å². The summed E-state index contributed by atoms with van der Waals surface area (Å²) in [4.78, 5) is 3.99. The maximum atomic E-state index is 3.99. The highest BCUT2D eigenvalue weighted by Gasteiger charge is 2.12. The van der Waals surface area contributed by atoms with Gasteiger partial charge in [-0.25, -0.2) is 0 Å². The summed E-state index contributed by atoms with van der Waals surface area (Å²) >= 11 is 2.10. The molecular weight excluding hydrogens is 192 g/mol. The normalized spacial score (nSPS) is 21.9. The summed E-state index contributed by atoms with van der Waals surface area (Å²) in [6.07, 6.45) is 7.82. The Labute approximate surface area is 89.5 Å². The van der Waals surface area contributed by atoms with Gasteiger partial charge in [0, 0.05) is 29.9 Å². The minimum absolute atomic E-state index is 0.803. The van der Waals surface area contributed by atoms with Gasteiger partial charge in [0.05, 0.1) is 0 Å². The molecule has 3 heteroatoms. The van der Waals surface area contributed by atoms with Crippen LogP contribution in [0, 0.1) is 0 Å². The topological polar surface area (TPSA) is 24.9 Å². The zero-order chi connectivity index (χ0) is 9.64. The molecule has 1 fully saturated rings. The fourth-order valence-electron chi connectivity index (χ4n) is 1.67. The molecule has 0 amide bonds. The van der Waals surface area contributed by atoms with Crippen LogP contribution in [0.3, 0.4) is 0 Å². The van der Waals surface area contributed by atoms with Crippen LogP contribution in [-0.4, -0.2) is 22.5 Å². The Morgan fingerprint density at radius 3 is 2.93 bits per heavy atom. The Balaban J connectivity index is 1.76. The van der Waals surface area contributed by atoms with E-state index in [2.05, 4.69) is 22.1 Å². The Morgan fingerprint density at radius 1 is 1.36 bits per heavy atom. The molecule has 1 saturated heterocycles. The number of hydrogen-bond donors (Lipinski definition) is 1. The van der Waals surface area contributed by atoms with Crippen LogP contribution in [-0.2, 0) is 0 Å². The first-order valence-corrected chi connectivity index (χ1v) is 6.25. The van der Waals surface area contributed by atoms with Gasteiger partial charge in [-0.1, -0.05) is 6.42 Å². The number of nitrogens with zero attached hydrogens (tertiary/aromatic N) is 1. The Bertz CT molecular complexity index is 257. The van der Waals surface area contributed by atoms with E-state index >= 15 is 0 Å². The third kappa shape index (κ3) is 2.91. The van der Waals surface area contributed by atoms with Crippen molar-refractivity contribution in [2.24, 2.45) is 0 Å². The SMILES string of the molecule is c1cc(NCC2CCCCS2)ccn1. The number of hydrogen-bond acceptors (Lipinski definition) is 3. The molecule has 0 radical (unpaired) electrons. The molecule has 0 saturated carbocycles. The van der Waals surface area contributed by atoms with E-state index in [1.165, 1.54) is 30.7 Å². The standard InChI is InChI=1S/C11H16N2S/c1-2-8-14-11(3-1)9-13-10-4-6-12-7-5-10/h4-7,11H,1-3,8-9H2,(H,12,13). The molecule has 0 aliphatic carbocycles. The first-order valence-electron chi connectivity index (χ1n) is 5.20. The van der Waals surface area contributed by atoms with Gasteiger partial charge in [-0.3, -0.25) is 4.98 Å². The molecule has 0 bridgehead atoms. The lowest BCUT2D eigenvalue weighted by Crippen LogP contribution is -2.19. The third-order valence-electron chi connectivity index (χ3n) is 2.49. The van der Waals surface area contributed by atoms with Gasteiger partial charge in [0.15, 0.2) is 0 Å². The van der Waals surface area contributed by atoms with Crippen LogP contribution in [0.1, 0.15) is 19.3 Å². The van der Waals surface area contributed by atoms with E-state index in [0.29, 0.717) is 0 Å². The van der Waals surface area contributed by atoms with Gasteiger partial charge in [-0.05, 0) is 30.7 Å². The van der Waals surface area contributed by atoms with E-state index in [-0.39, 0.29) is 0 Å². The van der Waals surface area contributed by atoms with E-state index in [9.17, 15) is 0 Å². The molecular formula is C11H16N2S. The van der Waals surface area contributed by atoms with Crippen LogP contribution in [0.2, 0.25) is 0 Å². The summed E-state index contributed by atoms with van der Waals surface area (Å²) in [5, 5.41) is 4.26. The van der Waals surface area contributed by atoms with Gasteiger partial charge in [-0.2, -0.15) is 11.8 Å². The van der Waals surface area contributed by atoms with Crippen LogP contribution in [0.4, 0.5) is 5.69 Å². The summed E-state index contributed by atoms with van der Waals surface area (Å²) in [6, 6.07) is 4.04. The summed E-state index contributed by atoms with van der Waals surface area (Å²) < 4.78 is 0. The Morgan fingerprint density at radius 2 is 2.21 bits per heavy atom. The van der Waals surface area contributed by atoms with Crippen molar-refractivity contribution in [2.75, 3.05) is 17.6 Å². The molecule has 1 atom stereocenters. The van der Waals surface area contributed by atoms with E-state index in [4.69, 9.17) is 0 Å². The molecule has 1 aliphatic rings. The molecule has 0 spiro atoms. The molecule has 14 heavy (non-hydrogen) atoms. The van der Waals surface area contributed by atoms with Crippen molar-refractivity contribution in [1.82, 2.24) is 4.98 Å². The molecule has 1 aliphatic heterocycles. The molecule has 1 aromatic heterocycles. The monoisotopic (exact) mass is 208 g/mol. The van der Waals surface area contributed by atoms with Crippen LogP contribution in [0.15, 0.2) is 24.5 Å². The van der Waals surface area contributed by atoms with Gasteiger partial charge < -0.3 is 5.32 Å². The minimum Gasteiger partial charge on any atom is -0.384 e. The van der Waals surface area contributed by atoms with Crippen molar-refractivity contribution in [3.63, 3.8) is 0 Å². The highest BCUT2D eigenvalue weighted by atomic mass is 32.2. The van der Waals surface area contributed by atoms with Gasteiger partial charge in [0.2, 0.25) is 0 Å². The zero-order valence-electron chi connectivity index (χ0n) is 8.28. The summed E-state index contributed by atoms with van der Waals surface area (Å²) in [5.41, 5.74) is 1.19. The second kappa shape index (κ2) is 5.25. The van der Waals surface area contributed by atoms with Gasteiger partial charge in [-0.15, -0.1) is 0 Å². The Hall–Kier alpha value is -0.700. The Kier molecular flexibility index (Phi) is 3.69. The van der Waals surface area contributed by atoms with Crippen molar-refractivity contribution >= 4 is 17.4 Å². The van der Waals surface area contributed by atoms with E-state index in [1.807, 2.05) is 24.5 Å². The predicted octanol–water partition coefficient (Wildman–Crippen LogP) is 2.78. The molecule has 76 valence electrons. The van der Waals surface area contributed by atoms with Crippen LogP contribution < -0.4 is 5.32 Å². The van der Waals surface area contributed by atoms with Gasteiger partial charge >= 0.3 is 0 Å². The third-order valence-corrected chi connectivity index (χ3v) is 3.89. The fourth-order valence-corrected chi connectivity index (χ4v) is 2.91. The molecule has 1 aromatic rings. The molecule has 2 nitrogen and oxygen atoms in total. The number of pyridine rings is 1. The number of rotatable bonds is 3. The average molecular weight is 208 g/mol. The lowest BCUT2D eigenvalue weighted by molar-refractivity contribution is 0.677. The highest BCUT2D eigenvalue weighted by molar-refractivity contribution is 7.99. The molecule has 2 rings (SSSR count). The summed E-state index contributed by atoms with van der Waals surface area (Å²) in [7, 11) is 0. The second-order valence-electron chi connectivity index (χ2n) is 3.61. The van der Waals surface area contributed by atoms with Gasteiger partial charge in [0.1, 0.15) is 0 Å². The molecule has 1 N–H and O–H groups in total. The number of anilines is 1. The average Bonchev–Trinajstić information content (AvgIpc) is 2.29. The number of thioether (sulfide) groups is 1. The van der Waals surface area contributed by atoms with Crippen LogP contribution in [0.25, 0.3) is 0 Å². The summed E-state index contributed by atoms with van der Waals surface area (Å²) in [5.74, 6) is 1.34. The first-order chi connectivity index (χ1) is 6.95. The van der Waals surface area contributed by atoms with Crippen molar-refractivity contribution in [1.29, 1.82) is 0 Å². The van der Waals surface area contributed by atoms with Crippen molar-refractivity contribution < 1.29 is 0 Å². The predicted molar refractivity (Wildman–Crippen MR) is 62.8 cm³/mol. The lowest BCUT2D eigenvalue weighted by atomic mass is 10.2. The van der Waals surface area contributed by atoms with E-state index < -0.39 is 0 Å². The van der Waals surface area contributed by atoms with Crippen molar-refractivity contribution in [2.45, 2.75) is 24.5 Å². The number of nitrogens with one attached hydrogen (secondary N) is 1. The molecule has 2 heterocycles. The van der Waals surface area contributed by atoms with Gasteiger partial charge in [0.25, 0.3) is 0 Å². The maximum absolute atomic E-state index is 3.99. The van der Waals surface area contributed by atoms with Crippen LogP contribution in [0.5, 0.6) is 0 Å². The quantitative estimate of drug-likeness (QED) is 0.826. The van der Waals surface area contributed by atoms with Crippen molar-refractivity contribution in [3.8, 4) is 0 Å². The molecule has 0 aromatic carbocycles. The zero-order valence-corrected chi connectivity index (χ0v) is 9.09. The first kappa shape index (κ1) is 9.84. The summed E-state index contributed by atoms with van der Waals surface area (Å²) in [6.45, 7) is 1.09.